The van der Waals surface area contributed by atoms with Gasteiger partial charge in [0.05, 0.1) is 26.0 Å². The molecular formula is C13H18N4O2. The van der Waals surface area contributed by atoms with E-state index < -0.39 is 0 Å². The summed E-state index contributed by atoms with van der Waals surface area (Å²) in [7, 11) is 5.09. The number of aromatic nitrogens is 2. The van der Waals surface area contributed by atoms with E-state index in [1.54, 1.807) is 25.1 Å². The number of ether oxygens (including phenoxy) is 2. The second kappa shape index (κ2) is 5.73. The molecule has 0 saturated carbocycles. The SMILES string of the molecule is COc1ccc(C(NN)c2ccnn2C)cc1OC. The van der Waals surface area contributed by atoms with E-state index in [4.69, 9.17) is 15.3 Å². The Balaban J connectivity index is 2.42. The number of benzene rings is 1. The Labute approximate surface area is 112 Å². The summed E-state index contributed by atoms with van der Waals surface area (Å²) in [5.74, 6) is 7.02. The minimum Gasteiger partial charge on any atom is -0.493 e. The largest absolute Gasteiger partial charge is 0.493 e. The summed E-state index contributed by atoms with van der Waals surface area (Å²) < 4.78 is 12.3. The van der Waals surface area contributed by atoms with E-state index in [0.29, 0.717) is 11.5 Å². The Morgan fingerprint density at radius 2 is 1.95 bits per heavy atom. The first-order valence-electron chi connectivity index (χ1n) is 5.87. The summed E-state index contributed by atoms with van der Waals surface area (Å²) in [5, 5.41) is 4.15. The summed E-state index contributed by atoms with van der Waals surface area (Å²) in [5.41, 5.74) is 4.74. The van der Waals surface area contributed by atoms with Crippen LogP contribution in [-0.4, -0.2) is 24.0 Å². The Hall–Kier alpha value is -2.05. The molecule has 0 spiro atoms. The minimum atomic E-state index is -0.160. The molecule has 2 aromatic rings. The lowest BCUT2D eigenvalue weighted by Crippen LogP contribution is -2.30. The van der Waals surface area contributed by atoms with E-state index in [9.17, 15) is 0 Å². The Morgan fingerprint density at radius 3 is 2.47 bits per heavy atom. The molecule has 0 fully saturated rings. The van der Waals surface area contributed by atoms with E-state index >= 15 is 0 Å². The second-order valence-corrected chi connectivity index (χ2v) is 4.09. The van der Waals surface area contributed by atoms with Gasteiger partial charge in [0, 0.05) is 13.2 Å². The molecule has 0 aliphatic heterocycles. The molecule has 0 saturated heterocycles. The highest BCUT2D eigenvalue weighted by Gasteiger charge is 2.17. The standard InChI is InChI=1S/C13H18N4O2/c1-17-10(6-7-15-17)13(16-14)9-4-5-11(18-2)12(8-9)19-3/h4-8,13,16H,14H2,1-3H3. The van der Waals surface area contributed by atoms with Crippen LogP contribution in [0.5, 0.6) is 11.5 Å². The number of aryl methyl sites for hydroxylation is 1. The smallest absolute Gasteiger partial charge is 0.161 e. The number of hydrogen-bond donors (Lipinski definition) is 2. The first-order chi connectivity index (χ1) is 9.21. The van der Waals surface area contributed by atoms with Crippen LogP contribution < -0.4 is 20.7 Å². The fraction of sp³-hybridized carbons (Fsp3) is 0.308. The van der Waals surface area contributed by atoms with Crippen LogP contribution in [0.15, 0.2) is 30.5 Å². The molecule has 0 amide bonds. The first kappa shape index (κ1) is 13.4. The van der Waals surface area contributed by atoms with Gasteiger partial charge in [0.2, 0.25) is 0 Å². The molecule has 102 valence electrons. The van der Waals surface area contributed by atoms with Gasteiger partial charge >= 0.3 is 0 Å². The van der Waals surface area contributed by atoms with E-state index in [-0.39, 0.29) is 6.04 Å². The van der Waals surface area contributed by atoms with Gasteiger partial charge in [0.15, 0.2) is 11.5 Å². The number of rotatable bonds is 5. The highest BCUT2D eigenvalue weighted by molar-refractivity contribution is 5.45. The van der Waals surface area contributed by atoms with Crippen LogP contribution in [0.4, 0.5) is 0 Å². The highest BCUT2D eigenvalue weighted by Crippen LogP contribution is 2.31. The van der Waals surface area contributed by atoms with Gasteiger partial charge in [-0.1, -0.05) is 6.07 Å². The van der Waals surface area contributed by atoms with Crippen molar-refractivity contribution >= 4 is 0 Å². The molecule has 0 bridgehead atoms. The third kappa shape index (κ3) is 2.54. The molecule has 6 nitrogen and oxygen atoms in total. The summed E-state index contributed by atoms with van der Waals surface area (Å²) in [4.78, 5) is 0. The van der Waals surface area contributed by atoms with Crippen molar-refractivity contribution in [3.63, 3.8) is 0 Å². The van der Waals surface area contributed by atoms with Gasteiger partial charge in [-0.05, 0) is 23.8 Å². The zero-order chi connectivity index (χ0) is 13.8. The number of nitrogens with zero attached hydrogens (tertiary/aromatic N) is 2. The van der Waals surface area contributed by atoms with Gasteiger partial charge in [0.25, 0.3) is 0 Å². The molecule has 1 aromatic heterocycles. The van der Waals surface area contributed by atoms with Gasteiger partial charge in [0.1, 0.15) is 0 Å². The maximum Gasteiger partial charge on any atom is 0.161 e. The van der Waals surface area contributed by atoms with Crippen molar-refractivity contribution in [3.8, 4) is 11.5 Å². The van der Waals surface area contributed by atoms with Gasteiger partial charge < -0.3 is 9.47 Å². The van der Waals surface area contributed by atoms with Crippen molar-refractivity contribution < 1.29 is 9.47 Å². The zero-order valence-corrected chi connectivity index (χ0v) is 11.3. The maximum absolute atomic E-state index is 5.66. The summed E-state index contributed by atoms with van der Waals surface area (Å²) in [6.45, 7) is 0. The maximum atomic E-state index is 5.66. The van der Waals surface area contributed by atoms with Crippen LogP contribution >= 0.6 is 0 Å². The lowest BCUT2D eigenvalue weighted by atomic mass is 10.0. The molecule has 2 rings (SSSR count). The van der Waals surface area contributed by atoms with Crippen LogP contribution in [0.2, 0.25) is 0 Å². The van der Waals surface area contributed by atoms with Crippen LogP contribution in [-0.2, 0) is 7.05 Å². The molecule has 1 aromatic carbocycles. The van der Waals surface area contributed by atoms with Gasteiger partial charge in [-0.15, -0.1) is 0 Å². The number of hydrazine groups is 1. The summed E-state index contributed by atoms with van der Waals surface area (Å²) in [6.07, 6.45) is 1.74. The van der Waals surface area contributed by atoms with Crippen LogP contribution in [0, 0.1) is 0 Å². The average molecular weight is 262 g/mol. The van der Waals surface area contributed by atoms with Crippen molar-refractivity contribution in [2.24, 2.45) is 12.9 Å². The average Bonchev–Trinajstić information content (AvgIpc) is 2.86. The molecule has 19 heavy (non-hydrogen) atoms. The first-order valence-corrected chi connectivity index (χ1v) is 5.87. The molecule has 6 heteroatoms. The lowest BCUT2D eigenvalue weighted by molar-refractivity contribution is 0.354. The van der Waals surface area contributed by atoms with Crippen molar-refractivity contribution in [3.05, 3.63) is 41.7 Å². The van der Waals surface area contributed by atoms with E-state index in [1.165, 1.54) is 0 Å². The third-order valence-corrected chi connectivity index (χ3v) is 3.06. The number of hydrogen-bond acceptors (Lipinski definition) is 5. The predicted octanol–water partition coefficient (Wildman–Crippen LogP) is 0.990. The minimum absolute atomic E-state index is 0.160. The fourth-order valence-corrected chi connectivity index (χ4v) is 2.05. The fourth-order valence-electron chi connectivity index (χ4n) is 2.05. The van der Waals surface area contributed by atoms with Crippen molar-refractivity contribution in [2.75, 3.05) is 14.2 Å². The molecule has 1 unspecified atom stereocenters. The molecule has 0 aliphatic carbocycles. The third-order valence-electron chi connectivity index (χ3n) is 3.06. The van der Waals surface area contributed by atoms with Gasteiger partial charge in [-0.3, -0.25) is 10.5 Å². The van der Waals surface area contributed by atoms with E-state index in [0.717, 1.165) is 11.3 Å². The Bertz CT molecular complexity index is 553. The summed E-state index contributed by atoms with van der Waals surface area (Å²) >= 11 is 0. The topological polar surface area (TPSA) is 74.3 Å². The van der Waals surface area contributed by atoms with Crippen molar-refractivity contribution in [2.45, 2.75) is 6.04 Å². The van der Waals surface area contributed by atoms with Crippen LogP contribution in [0.1, 0.15) is 17.3 Å². The lowest BCUT2D eigenvalue weighted by Gasteiger charge is -2.18. The van der Waals surface area contributed by atoms with Crippen molar-refractivity contribution in [1.29, 1.82) is 0 Å². The molecule has 0 aliphatic rings. The molecule has 0 radical (unpaired) electrons. The van der Waals surface area contributed by atoms with E-state index in [2.05, 4.69) is 10.5 Å². The van der Waals surface area contributed by atoms with Crippen LogP contribution in [0.3, 0.4) is 0 Å². The van der Waals surface area contributed by atoms with E-state index in [1.807, 2.05) is 31.3 Å². The van der Waals surface area contributed by atoms with Crippen LogP contribution in [0.25, 0.3) is 0 Å². The predicted molar refractivity (Wildman–Crippen MR) is 71.9 cm³/mol. The Kier molecular flexibility index (Phi) is 4.03. The Morgan fingerprint density at radius 1 is 1.21 bits per heavy atom. The molecule has 3 N–H and O–H groups in total. The normalized spacial score (nSPS) is 12.2. The quantitative estimate of drug-likeness (QED) is 0.621. The van der Waals surface area contributed by atoms with Gasteiger partial charge in [-0.2, -0.15) is 5.10 Å². The molecule has 1 atom stereocenters. The zero-order valence-electron chi connectivity index (χ0n) is 11.3. The molecular weight excluding hydrogens is 244 g/mol. The van der Waals surface area contributed by atoms with Gasteiger partial charge in [-0.25, -0.2) is 5.43 Å². The van der Waals surface area contributed by atoms with Crippen molar-refractivity contribution in [1.82, 2.24) is 15.2 Å². The number of methoxy groups -OCH3 is 2. The highest BCUT2D eigenvalue weighted by atomic mass is 16.5. The second-order valence-electron chi connectivity index (χ2n) is 4.09. The monoisotopic (exact) mass is 262 g/mol. The number of nitrogens with one attached hydrogen (secondary N) is 1. The molecule has 1 heterocycles. The summed E-state index contributed by atoms with van der Waals surface area (Å²) in [6, 6.07) is 7.46. The number of nitrogens with two attached hydrogens (primary N) is 1.